The van der Waals surface area contributed by atoms with Crippen molar-refractivity contribution in [1.82, 2.24) is 5.32 Å². The lowest BCUT2D eigenvalue weighted by molar-refractivity contribution is 0.611. The minimum atomic E-state index is 1.09. The number of rotatable bonds is 2. The highest BCUT2D eigenvalue weighted by Gasteiger charge is 2.14. The Labute approximate surface area is 128 Å². The Morgan fingerprint density at radius 2 is 1.40 bits per heavy atom. The van der Waals surface area contributed by atoms with Gasteiger partial charge in [0.1, 0.15) is 0 Å². The van der Waals surface area contributed by atoms with Crippen LogP contribution in [0.5, 0.6) is 0 Å². The van der Waals surface area contributed by atoms with Crippen LogP contribution in [0.2, 0.25) is 0 Å². The first-order valence-electron chi connectivity index (χ1n) is 7.09. The van der Waals surface area contributed by atoms with E-state index < -0.39 is 0 Å². The molecule has 1 nitrogen and oxygen atoms in total. The highest BCUT2D eigenvalue weighted by Crippen LogP contribution is 2.31. The van der Waals surface area contributed by atoms with Crippen LogP contribution in [0.25, 0.3) is 5.57 Å². The Kier molecular flexibility index (Phi) is 4.34. The molecule has 20 heavy (non-hydrogen) atoms. The average molecular weight is 328 g/mol. The average Bonchev–Trinajstić information content (AvgIpc) is 2.52. The molecule has 0 saturated carbocycles. The van der Waals surface area contributed by atoms with Crippen molar-refractivity contribution in [3.8, 4) is 0 Å². The molecule has 1 aliphatic rings. The molecule has 3 rings (SSSR count). The van der Waals surface area contributed by atoms with Crippen LogP contribution >= 0.6 is 15.9 Å². The second-order valence-corrected chi connectivity index (χ2v) is 6.02. The molecule has 1 fully saturated rings. The Bertz CT molecular complexity index is 591. The summed E-state index contributed by atoms with van der Waals surface area (Å²) in [6.45, 7) is 2.17. The molecule has 0 spiro atoms. The van der Waals surface area contributed by atoms with E-state index in [1.807, 2.05) is 0 Å². The predicted octanol–water partition coefficient (Wildman–Crippen LogP) is 4.63. The van der Waals surface area contributed by atoms with Gasteiger partial charge in [0.2, 0.25) is 0 Å². The highest BCUT2D eigenvalue weighted by atomic mass is 79.9. The molecule has 1 heterocycles. The van der Waals surface area contributed by atoms with Gasteiger partial charge in [0, 0.05) is 4.47 Å². The zero-order chi connectivity index (χ0) is 13.8. The topological polar surface area (TPSA) is 12.0 Å². The van der Waals surface area contributed by atoms with Crippen LogP contribution in [0.15, 0.2) is 64.6 Å². The molecule has 0 amide bonds. The minimum absolute atomic E-state index is 1.09. The van der Waals surface area contributed by atoms with Crippen LogP contribution in [0.4, 0.5) is 0 Å². The van der Waals surface area contributed by atoms with Crippen molar-refractivity contribution in [2.24, 2.45) is 0 Å². The largest absolute Gasteiger partial charge is 0.316 e. The van der Waals surface area contributed by atoms with Crippen molar-refractivity contribution in [2.75, 3.05) is 13.1 Å². The van der Waals surface area contributed by atoms with Crippen LogP contribution in [0.1, 0.15) is 24.0 Å². The highest BCUT2D eigenvalue weighted by molar-refractivity contribution is 9.10. The lowest BCUT2D eigenvalue weighted by Gasteiger charge is -2.21. The van der Waals surface area contributed by atoms with Crippen LogP contribution in [0, 0.1) is 0 Å². The van der Waals surface area contributed by atoms with Crippen molar-refractivity contribution in [1.29, 1.82) is 0 Å². The van der Waals surface area contributed by atoms with Crippen molar-refractivity contribution in [3.05, 3.63) is 75.8 Å². The fourth-order valence-corrected chi connectivity index (χ4v) is 3.04. The van der Waals surface area contributed by atoms with Crippen LogP contribution in [-0.4, -0.2) is 13.1 Å². The first kappa shape index (κ1) is 13.6. The van der Waals surface area contributed by atoms with Crippen molar-refractivity contribution >= 4 is 21.5 Å². The number of hydrogen-bond acceptors (Lipinski definition) is 1. The summed E-state index contributed by atoms with van der Waals surface area (Å²) >= 11 is 3.52. The zero-order valence-corrected chi connectivity index (χ0v) is 13.0. The summed E-state index contributed by atoms with van der Waals surface area (Å²) in [6, 6.07) is 19.4. The standard InChI is InChI=1S/C18H18BrN/c19-17-8-6-15(7-9-17)18(14-4-2-1-3-5-14)16-10-12-20-13-11-16/h1-9,20H,10-13H2. The first-order chi connectivity index (χ1) is 9.84. The maximum Gasteiger partial charge on any atom is 0.0175 e. The van der Waals surface area contributed by atoms with E-state index in [1.165, 1.54) is 16.7 Å². The molecule has 0 unspecified atom stereocenters. The Balaban J connectivity index is 2.10. The number of hydrogen-bond donors (Lipinski definition) is 1. The third-order valence-corrected chi connectivity index (χ3v) is 4.28. The van der Waals surface area contributed by atoms with E-state index in [-0.39, 0.29) is 0 Å². The summed E-state index contributed by atoms with van der Waals surface area (Å²) < 4.78 is 1.13. The number of benzene rings is 2. The van der Waals surface area contributed by atoms with Gasteiger partial charge in [0.05, 0.1) is 0 Å². The van der Waals surface area contributed by atoms with Gasteiger partial charge in [-0.05, 0) is 54.8 Å². The molecule has 1 saturated heterocycles. The number of halogens is 1. The summed E-state index contributed by atoms with van der Waals surface area (Å²) in [6.07, 6.45) is 2.28. The van der Waals surface area contributed by atoms with Crippen molar-refractivity contribution in [3.63, 3.8) is 0 Å². The lowest BCUT2D eigenvalue weighted by Crippen LogP contribution is -2.23. The van der Waals surface area contributed by atoms with Crippen LogP contribution in [0.3, 0.4) is 0 Å². The van der Waals surface area contributed by atoms with E-state index >= 15 is 0 Å². The summed E-state index contributed by atoms with van der Waals surface area (Å²) in [5, 5.41) is 3.44. The molecule has 0 radical (unpaired) electrons. The fraction of sp³-hybridized carbons (Fsp3) is 0.222. The first-order valence-corrected chi connectivity index (χ1v) is 7.88. The van der Waals surface area contributed by atoms with Crippen molar-refractivity contribution in [2.45, 2.75) is 12.8 Å². The second-order valence-electron chi connectivity index (χ2n) is 5.10. The molecule has 0 aliphatic carbocycles. The lowest BCUT2D eigenvalue weighted by atomic mass is 9.89. The third-order valence-electron chi connectivity index (χ3n) is 3.76. The Morgan fingerprint density at radius 3 is 2.05 bits per heavy atom. The zero-order valence-electron chi connectivity index (χ0n) is 11.4. The van der Waals surface area contributed by atoms with Crippen LogP contribution in [-0.2, 0) is 0 Å². The van der Waals surface area contributed by atoms with E-state index in [1.54, 1.807) is 5.57 Å². The maximum absolute atomic E-state index is 3.52. The Hall–Kier alpha value is -1.38. The summed E-state index contributed by atoms with van der Waals surface area (Å²) in [7, 11) is 0. The normalized spacial score (nSPS) is 15.2. The van der Waals surface area contributed by atoms with E-state index in [9.17, 15) is 0 Å². The molecule has 2 aromatic carbocycles. The molecule has 0 atom stereocenters. The van der Waals surface area contributed by atoms with Gasteiger partial charge in [-0.1, -0.05) is 64.0 Å². The smallest absolute Gasteiger partial charge is 0.0175 e. The third kappa shape index (κ3) is 3.02. The molecule has 0 bridgehead atoms. The summed E-state index contributed by atoms with van der Waals surface area (Å²) in [5.74, 6) is 0. The van der Waals surface area contributed by atoms with Gasteiger partial charge in [0.15, 0.2) is 0 Å². The van der Waals surface area contributed by atoms with Gasteiger partial charge in [-0.25, -0.2) is 0 Å². The molecule has 2 heteroatoms. The van der Waals surface area contributed by atoms with E-state index in [0.717, 1.165) is 30.4 Å². The van der Waals surface area contributed by atoms with E-state index in [2.05, 4.69) is 75.8 Å². The van der Waals surface area contributed by atoms with Gasteiger partial charge in [0.25, 0.3) is 0 Å². The summed E-state index contributed by atoms with van der Waals surface area (Å²) in [4.78, 5) is 0. The monoisotopic (exact) mass is 327 g/mol. The van der Waals surface area contributed by atoms with Gasteiger partial charge >= 0.3 is 0 Å². The van der Waals surface area contributed by atoms with Gasteiger partial charge in [-0.3, -0.25) is 0 Å². The van der Waals surface area contributed by atoms with Gasteiger partial charge in [-0.2, -0.15) is 0 Å². The molecule has 1 N–H and O–H groups in total. The second kappa shape index (κ2) is 6.38. The van der Waals surface area contributed by atoms with Gasteiger partial charge < -0.3 is 5.32 Å². The molecule has 1 aliphatic heterocycles. The van der Waals surface area contributed by atoms with Gasteiger partial charge in [-0.15, -0.1) is 0 Å². The number of nitrogens with one attached hydrogen (secondary N) is 1. The quantitative estimate of drug-likeness (QED) is 0.847. The van der Waals surface area contributed by atoms with E-state index in [4.69, 9.17) is 0 Å². The predicted molar refractivity (Wildman–Crippen MR) is 88.7 cm³/mol. The molecule has 102 valence electrons. The van der Waals surface area contributed by atoms with Crippen LogP contribution < -0.4 is 5.32 Å². The molecular weight excluding hydrogens is 310 g/mol. The van der Waals surface area contributed by atoms with Crippen molar-refractivity contribution < 1.29 is 0 Å². The maximum atomic E-state index is 3.52. The molecule has 0 aromatic heterocycles. The summed E-state index contributed by atoms with van der Waals surface area (Å²) in [5.41, 5.74) is 5.62. The molecule has 2 aromatic rings. The van der Waals surface area contributed by atoms with E-state index in [0.29, 0.717) is 0 Å². The minimum Gasteiger partial charge on any atom is -0.316 e. The number of piperidine rings is 1. The fourth-order valence-electron chi connectivity index (χ4n) is 2.77. The Morgan fingerprint density at radius 1 is 0.800 bits per heavy atom. The SMILES string of the molecule is Brc1ccc(C(=C2CCNCC2)c2ccccc2)cc1. The molecular formula is C18H18BrN.